The standard InChI is InChI=1S/C12H20F2N2O3/c1-2-11(17)16-6-8(4-12(18)19)3-9(7-16)15-5-10(13)14/h8-10,15H,2-7H2,1H3,(H,18,19). The molecule has 2 unspecified atom stereocenters. The van der Waals surface area contributed by atoms with Crippen molar-refractivity contribution in [2.24, 2.45) is 5.92 Å². The molecule has 1 saturated heterocycles. The van der Waals surface area contributed by atoms with Crippen LogP contribution in [-0.2, 0) is 9.59 Å². The van der Waals surface area contributed by atoms with E-state index in [0.717, 1.165) is 0 Å². The maximum Gasteiger partial charge on any atom is 0.303 e. The van der Waals surface area contributed by atoms with Crippen molar-refractivity contribution in [2.75, 3.05) is 19.6 Å². The lowest BCUT2D eigenvalue weighted by molar-refractivity contribution is -0.141. The van der Waals surface area contributed by atoms with Gasteiger partial charge in [0.25, 0.3) is 6.43 Å². The van der Waals surface area contributed by atoms with Crippen molar-refractivity contribution >= 4 is 11.9 Å². The SMILES string of the molecule is CCC(=O)N1CC(CC(=O)O)CC(NCC(F)F)C1. The fourth-order valence-electron chi connectivity index (χ4n) is 2.43. The molecule has 1 rings (SSSR count). The lowest BCUT2D eigenvalue weighted by atomic mass is 9.91. The molecule has 1 heterocycles. The number of amides is 1. The number of hydrogen-bond donors (Lipinski definition) is 2. The van der Waals surface area contributed by atoms with Gasteiger partial charge in [0.15, 0.2) is 0 Å². The van der Waals surface area contributed by atoms with Gasteiger partial charge in [0.05, 0.1) is 6.54 Å². The summed E-state index contributed by atoms with van der Waals surface area (Å²) in [5, 5.41) is 11.5. The Hall–Kier alpha value is -1.24. The van der Waals surface area contributed by atoms with E-state index in [0.29, 0.717) is 25.9 Å². The number of piperidine rings is 1. The van der Waals surface area contributed by atoms with Crippen LogP contribution in [0, 0.1) is 5.92 Å². The van der Waals surface area contributed by atoms with Crippen LogP contribution < -0.4 is 5.32 Å². The zero-order chi connectivity index (χ0) is 14.4. The molecule has 19 heavy (non-hydrogen) atoms. The van der Waals surface area contributed by atoms with E-state index >= 15 is 0 Å². The lowest BCUT2D eigenvalue weighted by Gasteiger charge is -2.37. The summed E-state index contributed by atoms with van der Waals surface area (Å²) in [6, 6.07) is -0.261. The van der Waals surface area contributed by atoms with Crippen LogP contribution >= 0.6 is 0 Å². The molecule has 0 aliphatic carbocycles. The molecule has 0 aromatic rings. The van der Waals surface area contributed by atoms with E-state index in [1.54, 1.807) is 11.8 Å². The average molecular weight is 278 g/mol. The van der Waals surface area contributed by atoms with Gasteiger partial charge in [-0.2, -0.15) is 0 Å². The number of halogens is 2. The molecule has 2 atom stereocenters. The molecule has 7 heteroatoms. The Labute approximate surface area is 111 Å². The van der Waals surface area contributed by atoms with Crippen molar-refractivity contribution in [2.45, 2.75) is 38.7 Å². The smallest absolute Gasteiger partial charge is 0.303 e. The molecule has 0 aromatic carbocycles. The number of carboxylic acid groups (broad SMARTS) is 1. The Morgan fingerprint density at radius 2 is 2.11 bits per heavy atom. The number of aliphatic carboxylic acids is 1. The van der Waals surface area contributed by atoms with Crippen LogP contribution in [0.4, 0.5) is 8.78 Å². The van der Waals surface area contributed by atoms with Crippen LogP contribution in [0.5, 0.6) is 0 Å². The van der Waals surface area contributed by atoms with Crippen molar-refractivity contribution in [3.05, 3.63) is 0 Å². The first kappa shape index (κ1) is 15.8. The van der Waals surface area contributed by atoms with Gasteiger partial charge in [-0.15, -0.1) is 0 Å². The predicted molar refractivity (Wildman–Crippen MR) is 65.0 cm³/mol. The number of carbonyl (C=O) groups excluding carboxylic acids is 1. The first-order chi connectivity index (χ1) is 8.92. The van der Waals surface area contributed by atoms with Gasteiger partial charge in [0.1, 0.15) is 0 Å². The monoisotopic (exact) mass is 278 g/mol. The summed E-state index contributed by atoms with van der Waals surface area (Å²) in [7, 11) is 0. The fourth-order valence-corrected chi connectivity index (χ4v) is 2.43. The quantitative estimate of drug-likeness (QED) is 0.759. The number of likely N-dealkylation sites (tertiary alicyclic amines) is 1. The number of hydrogen-bond acceptors (Lipinski definition) is 3. The van der Waals surface area contributed by atoms with Gasteiger partial charge in [0, 0.05) is 32.0 Å². The number of rotatable bonds is 6. The number of carboxylic acids is 1. The minimum absolute atomic E-state index is 0.0413. The summed E-state index contributed by atoms with van der Waals surface area (Å²) in [6.45, 7) is 2.06. The molecular weight excluding hydrogens is 258 g/mol. The predicted octanol–water partition coefficient (Wildman–Crippen LogP) is 0.943. The Morgan fingerprint density at radius 3 is 2.63 bits per heavy atom. The Balaban J connectivity index is 2.60. The van der Waals surface area contributed by atoms with Gasteiger partial charge in [-0.25, -0.2) is 8.78 Å². The third-order valence-corrected chi connectivity index (χ3v) is 3.22. The maximum atomic E-state index is 12.2. The van der Waals surface area contributed by atoms with Crippen LogP contribution in [0.15, 0.2) is 0 Å². The van der Waals surface area contributed by atoms with E-state index in [1.807, 2.05) is 0 Å². The molecule has 1 amide bonds. The Kier molecular flexibility index (Phi) is 6.14. The Bertz CT molecular complexity index is 326. The minimum Gasteiger partial charge on any atom is -0.481 e. The summed E-state index contributed by atoms with van der Waals surface area (Å²) in [5.74, 6) is -1.18. The summed E-state index contributed by atoms with van der Waals surface area (Å²) in [6.07, 6.45) is -1.65. The number of nitrogens with one attached hydrogen (secondary N) is 1. The second kappa shape index (κ2) is 7.37. The average Bonchev–Trinajstić information content (AvgIpc) is 2.34. The van der Waals surface area contributed by atoms with E-state index in [9.17, 15) is 18.4 Å². The molecule has 2 N–H and O–H groups in total. The third-order valence-electron chi connectivity index (χ3n) is 3.22. The highest BCUT2D eigenvalue weighted by Crippen LogP contribution is 2.21. The molecular formula is C12H20F2N2O3. The normalized spacial score (nSPS) is 23.7. The van der Waals surface area contributed by atoms with E-state index < -0.39 is 18.9 Å². The molecule has 5 nitrogen and oxygen atoms in total. The summed E-state index contributed by atoms with van der Waals surface area (Å²) in [4.78, 5) is 24.0. The molecule has 110 valence electrons. The van der Waals surface area contributed by atoms with E-state index in [-0.39, 0.29) is 24.3 Å². The summed E-state index contributed by atoms with van der Waals surface area (Å²) >= 11 is 0. The molecule has 1 aliphatic heterocycles. The van der Waals surface area contributed by atoms with Crippen LogP contribution in [0.1, 0.15) is 26.2 Å². The van der Waals surface area contributed by atoms with Gasteiger partial charge in [-0.1, -0.05) is 6.92 Å². The molecule has 0 bridgehead atoms. The van der Waals surface area contributed by atoms with Gasteiger partial charge in [-0.05, 0) is 12.3 Å². The lowest BCUT2D eigenvalue weighted by Crippen LogP contribution is -2.52. The fraction of sp³-hybridized carbons (Fsp3) is 0.833. The minimum atomic E-state index is -2.45. The maximum absolute atomic E-state index is 12.2. The highest BCUT2D eigenvalue weighted by molar-refractivity contribution is 5.76. The number of alkyl halides is 2. The Morgan fingerprint density at radius 1 is 1.42 bits per heavy atom. The zero-order valence-corrected chi connectivity index (χ0v) is 10.9. The van der Waals surface area contributed by atoms with Crippen molar-refractivity contribution in [3.63, 3.8) is 0 Å². The van der Waals surface area contributed by atoms with E-state index in [1.165, 1.54) is 0 Å². The second-order valence-electron chi connectivity index (χ2n) is 4.85. The molecule has 1 fully saturated rings. The van der Waals surface area contributed by atoms with Crippen molar-refractivity contribution < 1.29 is 23.5 Å². The summed E-state index contributed by atoms with van der Waals surface area (Å²) < 4.78 is 24.4. The van der Waals surface area contributed by atoms with Crippen LogP contribution in [0.2, 0.25) is 0 Å². The van der Waals surface area contributed by atoms with Crippen LogP contribution in [0.25, 0.3) is 0 Å². The first-order valence-electron chi connectivity index (χ1n) is 6.43. The van der Waals surface area contributed by atoms with Crippen molar-refractivity contribution in [1.82, 2.24) is 10.2 Å². The van der Waals surface area contributed by atoms with Gasteiger partial charge in [-0.3, -0.25) is 9.59 Å². The molecule has 1 aliphatic rings. The van der Waals surface area contributed by atoms with E-state index in [4.69, 9.17) is 5.11 Å². The topological polar surface area (TPSA) is 69.6 Å². The van der Waals surface area contributed by atoms with E-state index in [2.05, 4.69) is 5.32 Å². The summed E-state index contributed by atoms with van der Waals surface area (Å²) in [5.41, 5.74) is 0. The molecule has 0 saturated carbocycles. The van der Waals surface area contributed by atoms with Crippen LogP contribution in [0.3, 0.4) is 0 Å². The van der Waals surface area contributed by atoms with Gasteiger partial charge >= 0.3 is 5.97 Å². The van der Waals surface area contributed by atoms with Gasteiger partial charge < -0.3 is 15.3 Å². The third kappa shape index (κ3) is 5.50. The second-order valence-corrected chi connectivity index (χ2v) is 4.85. The highest BCUT2D eigenvalue weighted by Gasteiger charge is 2.30. The highest BCUT2D eigenvalue weighted by atomic mass is 19.3. The van der Waals surface area contributed by atoms with Crippen LogP contribution in [-0.4, -0.2) is 54.0 Å². The largest absolute Gasteiger partial charge is 0.481 e. The number of carbonyl (C=O) groups is 2. The number of nitrogens with zero attached hydrogens (tertiary/aromatic N) is 1. The first-order valence-corrected chi connectivity index (χ1v) is 6.43. The van der Waals surface area contributed by atoms with Gasteiger partial charge in [0.2, 0.25) is 5.91 Å². The molecule has 0 radical (unpaired) electrons. The van der Waals surface area contributed by atoms with Crippen molar-refractivity contribution in [1.29, 1.82) is 0 Å². The molecule has 0 aromatic heterocycles. The van der Waals surface area contributed by atoms with Crippen molar-refractivity contribution in [3.8, 4) is 0 Å². The molecule has 0 spiro atoms. The zero-order valence-electron chi connectivity index (χ0n) is 10.9.